The molecule has 1 aromatic heterocycles. The fraction of sp³-hybridized carbons (Fsp3) is 0.571. The van der Waals surface area contributed by atoms with Gasteiger partial charge >= 0.3 is 0 Å². The van der Waals surface area contributed by atoms with Gasteiger partial charge in [0, 0.05) is 37.4 Å². The van der Waals surface area contributed by atoms with Crippen molar-refractivity contribution in [3.8, 4) is 0 Å². The van der Waals surface area contributed by atoms with Crippen LogP contribution in [0.15, 0.2) is 18.3 Å². The molecular weight excluding hydrogens is 240 g/mol. The molecule has 2 aliphatic heterocycles. The van der Waals surface area contributed by atoms with Crippen molar-refractivity contribution >= 4 is 11.7 Å². The summed E-state index contributed by atoms with van der Waals surface area (Å²) in [5.41, 5.74) is 6.95. The van der Waals surface area contributed by atoms with Crippen LogP contribution in [0.3, 0.4) is 0 Å². The summed E-state index contributed by atoms with van der Waals surface area (Å²) in [5, 5.41) is 3.14. The lowest BCUT2D eigenvalue weighted by molar-refractivity contribution is -0.124. The maximum atomic E-state index is 12.0. The van der Waals surface area contributed by atoms with Crippen LogP contribution in [-0.4, -0.2) is 34.9 Å². The monoisotopic (exact) mass is 260 g/mol. The van der Waals surface area contributed by atoms with Crippen LogP contribution in [0.25, 0.3) is 0 Å². The van der Waals surface area contributed by atoms with Crippen molar-refractivity contribution in [1.82, 2.24) is 15.2 Å². The minimum absolute atomic E-state index is 0.130. The predicted octanol–water partition coefficient (Wildman–Crippen LogP) is 0.764. The first kappa shape index (κ1) is 12.4. The van der Waals surface area contributed by atoms with E-state index in [0.29, 0.717) is 5.82 Å². The first-order valence-electron chi connectivity index (χ1n) is 6.94. The molecule has 2 saturated heterocycles. The Morgan fingerprint density at radius 3 is 3.16 bits per heavy atom. The summed E-state index contributed by atoms with van der Waals surface area (Å²) in [4.78, 5) is 18.4. The number of pyridine rings is 1. The summed E-state index contributed by atoms with van der Waals surface area (Å²) in [7, 11) is 0. The maximum Gasteiger partial charge on any atom is 0.224 e. The van der Waals surface area contributed by atoms with Gasteiger partial charge in [-0.3, -0.25) is 9.69 Å². The molecule has 0 spiro atoms. The van der Waals surface area contributed by atoms with E-state index in [1.165, 1.54) is 0 Å². The van der Waals surface area contributed by atoms with Gasteiger partial charge in [0.25, 0.3) is 0 Å². The number of nitrogens with zero attached hydrogens (tertiary/aromatic N) is 2. The van der Waals surface area contributed by atoms with Crippen LogP contribution < -0.4 is 11.1 Å². The normalized spacial score (nSPS) is 27.7. The van der Waals surface area contributed by atoms with E-state index >= 15 is 0 Å². The third-order valence-electron chi connectivity index (χ3n) is 4.10. The Kier molecular flexibility index (Phi) is 3.38. The van der Waals surface area contributed by atoms with Crippen LogP contribution in [-0.2, 0) is 11.3 Å². The second-order valence-corrected chi connectivity index (χ2v) is 5.58. The second kappa shape index (κ2) is 5.17. The van der Waals surface area contributed by atoms with E-state index in [9.17, 15) is 4.79 Å². The maximum absolute atomic E-state index is 12.0. The summed E-state index contributed by atoms with van der Waals surface area (Å²) in [5.74, 6) is 0.950. The number of carbonyl (C=O) groups excluding carboxylic acids is 1. The number of amides is 1. The number of nitrogen functional groups attached to an aromatic ring is 1. The van der Waals surface area contributed by atoms with Crippen molar-refractivity contribution in [3.05, 3.63) is 23.9 Å². The highest BCUT2D eigenvalue weighted by molar-refractivity contribution is 5.79. The molecule has 2 bridgehead atoms. The molecule has 5 heteroatoms. The van der Waals surface area contributed by atoms with Gasteiger partial charge in [-0.05, 0) is 18.9 Å². The number of carbonyl (C=O) groups is 1. The topological polar surface area (TPSA) is 71.2 Å². The van der Waals surface area contributed by atoms with Crippen LogP contribution in [0.2, 0.25) is 0 Å². The standard InChI is InChI=1S/C14H20N4O/c15-13-10(4-2-6-16-13)7-18-8-11-3-1-5-12(9-18)17-14(11)19/h2,4,6,11-12H,1,3,5,7-9H2,(H2,15,16)(H,17,19)/t11-,12+/m1/s1. The Bertz CT molecular complexity index is 476. The molecule has 19 heavy (non-hydrogen) atoms. The van der Waals surface area contributed by atoms with Crippen LogP contribution >= 0.6 is 0 Å². The Balaban J connectivity index is 1.75. The van der Waals surface area contributed by atoms with Gasteiger partial charge in [0.15, 0.2) is 0 Å². The van der Waals surface area contributed by atoms with E-state index in [4.69, 9.17) is 5.73 Å². The smallest absolute Gasteiger partial charge is 0.224 e. The van der Waals surface area contributed by atoms with Crippen molar-refractivity contribution in [1.29, 1.82) is 0 Å². The Labute approximate surface area is 113 Å². The predicted molar refractivity (Wildman–Crippen MR) is 73.2 cm³/mol. The van der Waals surface area contributed by atoms with Crippen molar-refractivity contribution in [2.75, 3.05) is 18.8 Å². The zero-order valence-electron chi connectivity index (χ0n) is 11.0. The number of fused-ring (bicyclic) bond motifs is 3. The van der Waals surface area contributed by atoms with Crippen molar-refractivity contribution < 1.29 is 4.79 Å². The molecule has 2 aliphatic rings. The lowest BCUT2D eigenvalue weighted by atomic mass is 9.99. The van der Waals surface area contributed by atoms with Gasteiger partial charge in [0.2, 0.25) is 5.91 Å². The van der Waals surface area contributed by atoms with Gasteiger partial charge in [-0.25, -0.2) is 4.98 Å². The number of aromatic nitrogens is 1. The fourth-order valence-corrected chi connectivity index (χ4v) is 3.10. The van der Waals surface area contributed by atoms with Gasteiger partial charge in [-0.15, -0.1) is 0 Å². The van der Waals surface area contributed by atoms with Gasteiger partial charge in [0.1, 0.15) is 5.82 Å². The van der Waals surface area contributed by atoms with Crippen LogP contribution in [0, 0.1) is 5.92 Å². The minimum Gasteiger partial charge on any atom is -0.383 e. The summed E-state index contributed by atoms with van der Waals surface area (Å²) in [6, 6.07) is 4.21. The number of hydrogen-bond donors (Lipinski definition) is 2. The van der Waals surface area contributed by atoms with Gasteiger partial charge in [0.05, 0.1) is 5.92 Å². The molecule has 2 fully saturated rings. The SMILES string of the molecule is Nc1ncccc1CN1C[C@@H]2CCC[C@H](C1)C(=O)N2. The average molecular weight is 260 g/mol. The molecular formula is C14H20N4O. The van der Waals surface area contributed by atoms with Crippen LogP contribution in [0.5, 0.6) is 0 Å². The van der Waals surface area contributed by atoms with E-state index in [2.05, 4.69) is 15.2 Å². The highest BCUT2D eigenvalue weighted by Crippen LogP contribution is 2.23. The number of rotatable bonds is 2. The molecule has 1 aromatic rings. The molecule has 3 rings (SSSR count). The number of nitrogens with one attached hydrogen (secondary N) is 1. The van der Waals surface area contributed by atoms with Gasteiger partial charge in [-0.1, -0.05) is 12.5 Å². The zero-order valence-corrected chi connectivity index (χ0v) is 11.0. The third kappa shape index (κ3) is 2.71. The Morgan fingerprint density at radius 2 is 2.32 bits per heavy atom. The number of anilines is 1. The van der Waals surface area contributed by atoms with E-state index in [-0.39, 0.29) is 17.9 Å². The van der Waals surface area contributed by atoms with E-state index < -0.39 is 0 Å². The molecule has 0 radical (unpaired) electrons. The lowest BCUT2D eigenvalue weighted by Crippen LogP contribution is -2.38. The second-order valence-electron chi connectivity index (χ2n) is 5.58. The summed E-state index contributed by atoms with van der Waals surface area (Å²) < 4.78 is 0. The van der Waals surface area contributed by atoms with Gasteiger partial charge < -0.3 is 11.1 Å². The first-order valence-corrected chi connectivity index (χ1v) is 6.94. The molecule has 5 nitrogen and oxygen atoms in total. The number of hydrogen-bond acceptors (Lipinski definition) is 4. The van der Waals surface area contributed by atoms with E-state index in [1.807, 2.05) is 12.1 Å². The molecule has 102 valence electrons. The fourth-order valence-electron chi connectivity index (χ4n) is 3.10. The zero-order chi connectivity index (χ0) is 13.2. The van der Waals surface area contributed by atoms with E-state index in [1.54, 1.807) is 6.20 Å². The molecule has 0 aromatic carbocycles. The molecule has 0 unspecified atom stereocenters. The molecule has 3 heterocycles. The van der Waals surface area contributed by atoms with Crippen LogP contribution in [0.1, 0.15) is 24.8 Å². The largest absolute Gasteiger partial charge is 0.383 e. The third-order valence-corrected chi connectivity index (χ3v) is 4.10. The summed E-state index contributed by atoms with van der Waals surface area (Å²) in [6.07, 6.45) is 4.95. The molecule has 0 aliphatic carbocycles. The van der Waals surface area contributed by atoms with Crippen molar-refractivity contribution in [3.63, 3.8) is 0 Å². The van der Waals surface area contributed by atoms with Gasteiger partial charge in [-0.2, -0.15) is 0 Å². The first-order chi connectivity index (χ1) is 9.22. The van der Waals surface area contributed by atoms with E-state index in [0.717, 1.165) is 44.5 Å². The average Bonchev–Trinajstić information content (AvgIpc) is 2.61. The highest BCUT2D eigenvalue weighted by atomic mass is 16.2. The quantitative estimate of drug-likeness (QED) is 0.823. The number of likely N-dealkylation sites (tertiary alicyclic amines) is 1. The number of nitrogens with two attached hydrogens (primary N) is 1. The lowest BCUT2D eigenvalue weighted by Gasteiger charge is -2.27. The van der Waals surface area contributed by atoms with Crippen molar-refractivity contribution in [2.45, 2.75) is 31.8 Å². The molecule has 2 atom stereocenters. The minimum atomic E-state index is 0.130. The Morgan fingerprint density at radius 1 is 1.42 bits per heavy atom. The summed E-state index contributed by atoms with van der Waals surface area (Å²) in [6.45, 7) is 2.52. The molecule has 3 N–H and O–H groups in total. The molecule has 1 amide bonds. The van der Waals surface area contributed by atoms with Crippen molar-refractivity contribution in [2.24, 2.45) is 5.92 Å². The molecule has 0 saturated carbocycles. The Hall–Kier alpha value is -1.62. The highest BCUT2D eigenvalue weighted by Gasteiger charge is 2.32. The summed E-state index contributed by atoms with van der Waals surface area (Å²) >= 11 is 0. The van der Waals surface area contributed by atoms with Crippen LogP contribution in [0.4, 0.5) is 5.82 Å².